The number of hydrogen-bond acceptors (Lipinski definition) is 2. The van der Waals surface area contributed by atoms with Crippen molar-refractivity contribution in [1.29, 1.82) is 0 Å². The van der Waals surface area contributed by atoms with Gasteiger partial charge in [0.25, 0.3) is 0 Å². The molecule has 4 heteroatoms. The third-order valence-electron chi connectivity index (χ3n) is 2.65. The molecule has 0 saturated heterocycles. The number of hydrogen-bond donors (Lipinski definition) is 0. The van der Waals surface area contributed by atoms with Crippen LogP contribution in [0.3, 0.4) is 0 Å². The van der Waals surface area contributed by atoms with Crippen molar-refractivity contribution in [2.75, 3.05) is 16.7 Å². The molecule has 0 bridgehead atoms. The van der Waals surface area contributed by atoms with Gasteiger partial charge in [0.1, 0.15) is 13.5 Å². The highest BCUT2D eigenvalue weighted by molar-refractivity contribution is 14.1. The molecular weight excluding hydrogens is 322 g/mol. The molecule has 0 spiro atoms. The summed E-state index contributed by atoms with van der Waals surface area (Å²) in [5.41, 5.74) is 0. The molecular formula is C11H20IO2P. The second-order valence-electron chi connectivity index (χ2n) is 4.12. The lowest BCUT2D eigenvalue weighted by Gasteiger charge is -2.18. The van der Waals surface area contributed by atoms with E-state index in [1.807, 2.05) is 0 Å². The second-order valence-corrected chi connectivity index (χ2v) is 9.22. The molecule has 0 aromatic rings. The van der Waals surface area contributed by atoms with Gasteiger partial charge in [-0.25, -0.2) is 0 Å². The van der Waals surface area contributed by atoms with E-state index < -0.39 is 7.14 Å². The van der Waals surface area contributed by atoms with Gasteiger partial charge in [-0.2, -0.15) is 0 Å². The molecule has 2 nitrogen and oxygen atoms in total. The summed E-state index contributed by atoms with van der Waals surface area (Å²) in [5.74, 6) is 0. The largest absolute Gasteiger partial charge is 0.370 e. The maximum atomic E-state index is 12.3. The lowest BCUT2D eigenvalue weighted by atomic mass is 10.3. The predicted molar refractivity (Wildman–Crippen MR) is 74.4 cm³/mol. The number of ether oxygens (including phenoxy) is 1. The normalized spacial score (nSPS) is 20.7. The van der Waals surface area contributed by atoms with Crippen LogP contribution in [-0.2, 0) is 9.30 Å². The van der Waals surface area contributed by atoms with E-state index in [1.165, 1.54) is 0 Å². The van der Waals surface area contributed by atoms with Crippen LogP contribution in [0.1, 0.15) is 32.6 Å². The van der Waals surface area contributed by atoms with Crippen LogP contribution in [0.5, 0.6) is 0 Å². The average Bonchev–Trinajstić information content (AvgIpc) is 2.76. The molecule has 0 radical (unpaired) electrons. The molecule has 0 amide bonds. The third kappa shape index (κ3) is 5.01. The Balaban J connectivity index is 2.28. The maximum Gasteiger partial charge on any atom is 0.121 e. The molecule has 1 rings (SSSR count). The zero-order valence-electron chi connectivity index (χ0n) is 9.32. The Morgan fingerprint density at radius 3 is 2.67 bits per heavy atom. The molecule has 0 heterocycles. The summed E-state index contributed by atoms with van der Waals surface area (Å²) in [5, 5.41) is 0. The highest BCUT2D eigenvalue weighted by Gasteiger charge is 2.22. The summed E-state index contributed by atoms with van der Waals surface area (Å²) in [6, 6.07) is 0. The van der Waals surface area contributed by atoms with Crippen LogP contribution in [0.2, 0.25) is 0 Å². The zero-order valence-corrected chi connectivity index (χ0v) is 12.4. The summed E-state index contributed by atoms with van der Waals surface area (Å²) in [6.45, 7) is 2.14. The highest BCUT2D eigenvalue weighted by Crippen LogP contribution is 2.48. The van der Waals surface area contributed by atoms with Crippen molar-refractivity contribution >= 4 is 29.7 Å². The van der Waals surface area contributed by atoms with Gasteiger partial charge in [0.2, 0.25) is 0 Å². The predicted octanol–water partition coefficient (Wildman–Crippen LogP) is 4.23. The van der Waals surface area contributed by atoms with Crippen molar-refractivity contribution in [2.24, 2.45) is 0 Å². The Labute approximate surface area is 106 Å². The van der Waals surface area contributed by atoms with Crippen LogP contribution in [0.4, 0.5) is 0 Å². The molecule has 1 unspecified atom stereocenters. The van der Waals surface area contributed by atoms with Crippen molar-refractivity contribution in [2.45, 2.75) is 38.7 Å². The summed E-state index contributed by atoms with van der Waals surface area (Å²) < 4.78 is 18.8. The van der Waals surface area contributed by atoms with Gasteiger partial charge in [-0.05, 0) is 19.3 Å². The van der Waals surface area contributed by atoms with Crippen LogP contribution in [0, 0.1) is 0 Å². The standard InChI is InChI=1S/C11H20IO2P/c1-2-3-8-15(13,9-12)10-14-11-6-4-5-7-11/h4-5,11H,2-3,6-10H2,1H3. The minimum absolute atomic E-state index is 0.294. The third-order valence-corrected chi connectivity index (χ3v) is 8.56. The van der Waals surface area contributed by atoms with Crippen LogP contribution in [0.25, 0.3) is 0 Å². The monoisotopic (exact) mass is 342 g/mol. The number of unbranched alkanes of at least 4 members (excludes halogenated alkanes) is 1. The van der Waals surface area contributed by atoms with E-state index in [9.17, 15) is 4.57 Å². The van der Waals surface area contributed by atoms with Crippen molar-refractivity contribution < 1.29 is 9.30 Å². The van der Waals surface area contributed by atoms with Crippen LogP contribution in [-0.4, -0.2) is 22.8 Å². The van der Waals surface area contributed by atoms with E-state index in [1.54, 1.807) is 0 Å². The van der Waals surface area contributed by atoms with Gasteiger partial charge in [0.05, 0.1) is 10.3 Å². The van der Waals surface area contributed by atoms with Gasteiger partial charge in [0.15, 0.2) is 0 Å². The molecule has 0 saturated carbocycles. The molecule has 15 heavy (non-hydrogen) atoms. The topological polar surface area (TPSA) is 26.3 Å². The fourth-order valence-corrected chi connectivity index (χ4v) is 4.88. The Hall–Kier alpha value is 0.660. The first-order valence-electron chi connectivity index (χ1n) is 5.60. The van der Waals surface area contributed by atoms with E-state index in [-0.39, 0.29) is 0 Å². The average molecular weight is 342 g/mol. The first-order valence-corrected chi connectivity index (χ1v) is 9.38. The molecule has 1 atom stereocenters. The van der Waals surface area contributed by atoms with Gasteiger partial charge < -0.3 is 9.30 Å². The van der Waals surface area contributed by atoms with Crippen molar-refractivity contribution in [3.8, 4) is 0 Å². The maximum absolute atomic E-state index is 12.3. The fourth-order valence-electron chi connectivity index (χ4n) is 1.57. The van der Waals surface area contributed by atoms with E-state index in [0.29, 0.717) is 12.5 Å². The SMILES string of the molecule is CCCCP(=O)(CI)COC1CC=CC1. The Morgan fingerprint density at radius 2 is 2.13 bits per heavy atom. The quantitative estimate of drug-likeness (QED) is 0.299. The Morgan fingerprint density at radius 1 is 1.47 bits per heavy atom. The van der Waals surface area contributed by atoms with Gasteiger partial charge in [0, 0.05) is 6.16 Å². The van der Waals surface area contributed by atoms with Crippen molar-refractivity contribution in [3.05, 3.63) is 12.2 Å². The number of alkyl halides is 1. The van der Waals surface area contributed by atoms with Gasteiger partial charge in [-0.15, -0.1) is 0 Å². The summed E-state index contributed by atoms with van der Waals surface area (Å²) in [7, 11) is -2.03. The van der Waals surface area contributed by atoms with Gasteiger partial charge >= 0.3 is 0 Å². The molecule has 1 aliphatic rings. The van der Waals surface area contributed by atoms with Crippen molar-refractivity contribution in [3.63, 3.8) is 0 Å². The van der Waals surface area contributed by atoms with E-state index in [4.69, 9.17) is 4.74 Å². The minimum Gasteiger partial charge on any atom is -0.370 e. The van der Waals surface area contributed by atoms with Crippen LogP contribution >= 0.6 is 29.7 Å². The second kappa shape index (κ2) is 7.08. The highest BCUT2D eigenvalue weighted by atomic mass is 127. The smallest absolute Gasteiger partial charge is 0.121 e. The van der Waals surface area contributed by atoms with E-state index in [2.05, 4.69) is 41.7 Å². The van der Waals surface area contributed by atoms with E-state index in [0.717, 1.165) is 36.0 Å². The number of halogens is 1. The van der Waals surface area contributed by atoms with Crippen LogP contribution < -0.4 is 0 Å². The molecule has 88 valence electrons. The first-order chi connectivity index (χ1) is 7.20. The fraction of sp³-hybridized carbons (Fsp3) is 0.818. The minimum atomic E-state index is -2.03. The van der Waals surface area contributed by atoms with E-state index >= 15 is 0 Å². The summed E-state index contributed by atoms with van der Waals surface area (Å²) in [6.07, 6.45) is 10.1. The van der Waals surface area contributed by atoms with Gasteiger partial charge in [-0.1, -0.05) is 48.1 Å². The lowest BCUT2D eigenvalue weighted by Crippen LogP contribution is -2.11. The number of rotatable bonds is 7. The molecule has 0 fully saturated rings. The molecule has 0 N–H and O–H groups in total. The molecule has 0 aromatic heterocycles. The molecule has 1 aliphatic carbocycles. The van der Waals surface area contributed by atoms with Crippen LogP contribution in [0.15, 0.2) is 12.2 Å². The molecule has 0 aromatic carbocycles. The first kappa shape index (κ1) is 13.7. The van der Waals surface area contributed by atoms with Gasteiger partial charge in [-0.3, -0.25) is 0 Å². The Kier molecular flexibility index (Phi) is 6.48. The zero-order chi connectivity index (χ0) is 11.1. The Bertz CT molecular complexity index is 245. The molecule has 0 aliphatic heterocycles. The lowest BCUT2D eigenvalue weighted by molar-refractivity contribution is 0.0957. The van der Waals surface area contributed by atoms with Crippen molar-refractivity contribution in [1.82, 2.24) is 0 Å². The summed E-state index contributed by atoms with van der Waals surface area (Å²) >= 11 is 2.23. The summed E-state index contributed by atoms with van der Waals surface area (Å²) in [4.78, 5) is 0.